The maximum atomic E-state index is 13.3. The third-order valence-electron chi connectivity index (χ3n) is 13.3. The topological polar surface area (TPSA) is 386 Å². The number of cyclic esters (lactones) is 1. The van der Waals surface area contributed by atoms with E-state index in [2.05, 4.69) is 20.6 Å². The second-order valence-corrected chi connectivity index (χ2v) is 21.5. The predicted octanol–water partition coefficient (Wildman–Crippen LogP) is -0.167. The van der Waals surface area contributed by atoms with Gasteiger partial charge in [-0.1, -0.05) is 98.9 Å². The van der Waals surface area contributed by atoms with Crippen LogP contribution in [0, 0.1) is 11.8 Å². The summed E-state index contributed by atoms with van der Waals surface area (Å²) in [5.41, 5.74) is 6.10. The number of aliphatic hydroxyl groups excluding tert-OH is 9. The molecule has 0 aromatic carbocycles. The number of H-pyrrole nitrogens is 1. The van der Waals surface area contributed by atoms with E-state index in [9.17, 15) is 69.1 Å². The molecule has 15 N–H and O–H groups in total. The van der Waals surface area contributed by atoms with Gasteiger partial charge in [-0.25, -0.2) is 18.2 Å². The van der Waals surface area contributed by atoms with Crippen molar-refractivity contribution in [3.05, 3.63) is 97.6 Å². The molecular weight excluding hydrogens is 1000 g/mol. The van der Waals surface area contributed by atoms with Gasteiger partial charge in [0.1, 0.15) is 18.1 Å². The van der Waals surface area contributed by atoms with Crippen LogP contribution in [0.25, 0.3) is 0 Å². The number of nitrogens with zero attached hydrogens (tertiary/aromatic N) is 1. The molecule has 24 heteroatoms. The number of sulfone groups is 1. The lowest BCUT2D eigenvalue weighted by molar-refractivity contribution is -0.303. The molecule has 4 heterocycles. The molecule has 2 saturated heterocycles. The summed E-state index contributed by atoms with van der Waals surface area (Å²) in [7, 11) is -4.08. The monoisotopic (exact) mass is 1080 g/mol. The first-order valence-electron chi connectivity index (χ1n) is 25.1. The van der Waals surface area contributed by atoms with Crippen molar-refractivity contribution in [1.29, 1.82) is 0 Å². The first-order chi connectivity index (χ1) is 35.4. The van der Waals surface area contributed by atoms with E-state index in [0.29, 0.717) is 0 Å². The average molecular weight is 1080 g/mol. The number of carbonyl (C=O) groups excluding carboxylic acids is 2. The van der Waals surface area contributed by atoms with Gasteiger partial charge in [0.2, 0.25) is 9.84 Å². The molecule has 2 amide bonds. The number of nitrogens with one attached hydrogen (secondary N) is 3. The van der Waals surface area contributed by atoms with E-state index in [1.165, 1.54) is 13.0 Å². The van der Waals surface area contributed by atoms with Crippen molar-refractivity contribution in [3.8, 4) is 0 Å². The number of hydrogen-bond donors (Lipinski definition) is 14. The molecule has 0 saturated carbocycles. The van der Waals surface area contributed by atoms with Crippen molar-refractivity contribution in [1.82, 2.24) is 20.6 Å². The Bertz CT molecular complexity index is 2230. The summed E-state index contributed by atoms with van der Waals surface area (Å²) < 4.78 is 49.2. The van der Waals surface area contributed by atoms with Gasteiger partial charge in [-0.05, 0) is 33.1 Å². The number of hydrogen-bond acceptors (Lipinski definition) is 20. The van der Waals surface area contributed by atoms with E-state index in [1.54, 1.807) is 86.8 Å². The summed E-state index contributed by atoms with van der Waals surface area (Å²) in [4.78, 5) is 32.1. The number of ether oxygens (including phenoxy) is 4. The molecule has 2 bridgehead atoms. The number of carbonyl (C=O) groups is 2. The van der Waals surface area contributed by atoms with Gasteiger partial charge in [0.25, 0.3) is 0 Å². The van der Waals surface area contributed by atoms with Gasteiger partial charge >= 0.3 is 12.0 Å². The third kappa shape index (κ3) is 20.8. The van der Waals surface area contributed by atoms with E-state index in [-0.39, 0.29) is 36.6 Å². The number of rotatable bonds is 6. The van der Waals surface area contributed by atoms with Crippen LogP contribution in [0.1, 0.15) is 79.1 Å². The number of aromatic nitrogens is 2. The van der Waals surface area contributed by atoms with Gasteiger partial charge in [-0.2, -0.15) is 0 Å². The molecule has 0 unspecified atom stereocenters. The summed E-state index contributed by atoms with van der Waals surface area (Å²) in [6.07, 6.45) is 5.02. The highest BCUT2D eigenvalue weighted by Gasteiger charge is 2.49. The predicted molar refractivity (Wildman–Crippen MR) is 272 cm³/mol. The van der Waals surface area contributed by atoms with Gasteiger partial charge in [0.05, 0.1) is 98.2 Å². The summed E-state index contributed by atoms with van der Waals surface area (Å²) in [6.45, 7) is 6.71. The van der Waals surface area contributed by atoms with Gasteiger partial charge in [0, 0.05) is 37.5 Å². The van der Waals surface area contributed by atoms with Crippen LogP contribution in [0.2, 0.25) is 0 Å². The first-order valence-corrected chi connectivity index (χ1v) is 26.8. The smallest absolute Gasteiger partial charge is 0.316 e. The summed E-state index contributed by atoms with van der Waals surface area (Å²) in [5.74, 6) is -4.78. The molecule has 0 aliphatic carbocycles. The van der Waals surface area contributed by atoms with E-state index < -0.39 is 163 Å². The van der Waals surface area contributed by atoms with E-state index >= 15 is 0 Å². The molecule has 3 aliphatic heterocycles. The van der Waals surface area contributed by atoms with Gasteiger partial charge in [0.15, 0.2) is 17.1 Å². The number of nitrogens with two attached hydrogens (primary N) is 1. The molecule has 19 atom stereocenters. The van der Waals surface area contributed by atoms with Crippen LogP contribution in [-0.4, -0.2) is 191 Å². The first kappa shape index (κ1) is 63.1. The van der Waals surface area contributed by atoms with Gasteiger partial charge in [-0.15, -0.1) is 0 Å². The fourth-order valence-corrected chi connectivity index (χ4v) is 9.62. The quantitative estimate of drug-likeness (QED) is 0.165. The van der Waals surface area contributed by atoms with E-state index in [1.807, 2.05) is 13.0 Å². The fourth-order valence-electron chi connectivity index (χ4n) is 8.69. The number of fused-ring (bicyclic) bond motifs is 2. The molecule has 23 nitrogen and oxygen atoms in total. The minimum absolute atomic E-state index is 0.134. The highest BCUT2D eigenvalue weighted by molar-refractivity contribution is 7.91. The Kier molecular flexibility index (Phi) is 25.6. The Morgan fingerprint density at radius 3 is 1.99 bits per heavy atom. The summed E-state index contributed by atoms with van der Waals surface area (Å²) in [6, 6.07) is -3.65. The Morgan fingerprint density at radius 1 is 0.760 bits per heavy atom. The lowest BCUT2D eigenvalue weighted by Gasteiger charge is -2.46. The average Bonchev–Trinajstić information content (AvgIpc) is 3.90. The third-order valence-corrected chi connectivity index (χ3v) is 14.7. The van der Waals surface area contributed by atoms with Gasteiger partial charge in [-0.3, -0.25) is 4.79 Å². The van der Waals surface area contributed by atoms with Crippen LogP contribution in [0.4, 0.5) is 4.79 Å². The zero-order chi connectivity index (χ0) is 55.5. The zero-order valence-corrected chi connectivity index (χ0v) is 43.5. The largest absolute Gasteiger partial charge is 0.462 e. The number of imidazole rings is 1. The lowest BCUT2D eigenvalue weighted by atomic mass is 9.87. The lowest BCUT2D eigenvalue weighted by Crippen LogP contribution is -2.64. The molecule has 422 valence electrons. The molecule has 0 radical (unpaired) electrons. The second-order valence-electron chi connectivity index (χ2n) is 19.6. The minimum atomic E-state index is -4.08. The SMILES string of the molecule is C[C@@H]1[C@H](O)[C@@H](C)/C=C/C=C/C=C/C=C/C=C/C=C/C=C/[C@H](O[C@@H]2O[C@H](C)[C@@H](O)[C@H](N)[C@@H]2O)C[C@@H]2O[C@](O)(C[C@@H](O)C[C@@H](O)[C@H](O)CC[C@@H](O)C[C@@H](O)CC(=O)O[C@H]1C)C[C@H](O)[C@H]2NC(=O)NCS(=O)(=O)c1cnc[nH]1. The summed E-state index contributed by atoms with van der Waals surface area (Å²) in [5, 5.41) is 114. The highest BCUT2D eigenvalue weighted by Crippen LogP contribution is 2.35. The number of allylic oxidation sites excluding steroid dienone is 12. The maximum absolute atomic E-state index is 13.3. The number of esters is 1. The molecule has 2 fully saturated rings. The van der Waals surface area contributed by atoms with Crippen molar-refractivity contribution in [2.75, 3.05) is 5.88 Å². The number of aliphatic hydroxyl groups is 10. The molecule has 1 aromatic heterocycles. The molecule has 75 heavy (non-hydrogen) atoms. The molecule has 1 aromatic rings. The van der Waals surface area contributed by atoms with Gasteiger partial charge < -0.3 is 91.4 Å². The van der Waals surface area contributed by atoms with Crippen LogP contribution >= 0.6 is 0 Å². The Morgan fingerprint density at radius 2 is 1.37 bits per heavy atom. The standard InChI is InChI=1S/C51H79N5O18S/c1-30-17-15-13-11-9-7-5-6-8-10-12-14-16-18-37(73-49-48(66)44(52)47(65)33(4)72-49)24-41-45(56-50(67)55-29-75(69,70)42-27-53-28-54-42)40(62)26-51(68,74-41)25-36(59)22-39(61)38(60)20-19-34(57)21-35(58)23-43(63)71-32(3)31(2)46(30)64/h5-18,27-28,30-41,44-49,57-62,64-66,68H,19-26,29,52H2,1-4H3,(H,53,54)(H2,55,56,67)/b6-5+,9-7+,10-8+,13-11+,14-12+,17-15+,18-16+/t30-,31-,32-,33+,34+,35+,36-,37-,38+,39+,40-,41-,44-,45+,46+,47+,48-,49-,51+/m0/s1. The van der Waals surface area contributed by atoms with Crippen molar-refractivity contribution in [3.63, 3.8) is 0 Å². The van der Waals surface area contributed by atoms with Crippen LogP contribution in [0.3, 0.4) is 0 Å². The molecule has 4 rings (SSSR count). The van der Waals surface area contributed by atoms with E-state index in [0.717, 1.165) is 12.5 Å². The number of amides is 2. The molecule has 0 spiro atoms. The molecular formula is C51H79N5O18S. The second kappa shape index (κ2) is 30.5. The van der Waals surface area contributed by atoms with Crippen LogP contribution in [-0.2, 0) is 33.6 Å². The van der Waals surface area contributed by atoms with Crippen LogP contribution < -0.4 is 16.4 Å². The van der Waals surface area contributed by atoms with Crippen molar-refractivity contribution >= 4 is 21.8 Å². The Hall–Kier alpha value is -4.48. The van der Waals surface area contributed by atoms with Crippen molar-refractivity contribution in [2.45, 2.75) is 188 Å². The normalized spacial score (nSPS) is 41.1. The number of aromatic amines is 1. The summed E-state index contributed by atoms with van der Waals surface area (Å²) >= 11 is 0. The minimum Gasteiger partial charge on any atom is -0.462 e. The van der Waals surface area contributed by atoms with Crippen molar-refractivity contribution < 1.29 is 88.0 Å². The number of urea groups is 1. The zero-order valence-electron chi connectivity index (χ0n) is 42.7. The Labute approximate surface area is 437 Å². The fraction of sp³-hybridized carbons (Fsp3) is 0.627. The van der Waals surface area contributed by atoms with Crippen LogP contribution in [0.15, 0.2) is 103 Å². The van der Waals surface area contributed by atoms with E-state index in [4.69, 9.17) is 24.7 Å². The molecule has 3 aliphatic rings. The highest BCUT2D eigenvalue weighted by atomic mass is 32.2. The van der Waals surface area contributed by atoms with Crippen LogP contribution in [0.5, 0.6) is 0 Å². The van der Waals surface area contributed by atoms with Crippen molar-refractivity contribution in [2.24, 2.45) is 17.6 Å². The Balaban J connectivity index is 1.61. The maximum Gasteiger partial charge on any atom is 0.316 e.